The van der Waals surface area contributed by atoms with Crippen LogP contribution in [0.25, 0.3) is 0 Å². The van der Waals surface area contributed by atoms with E-state index >= 15 is 0 Å². The highest BCUT2D eigenvalue weighted by atomic mass is 16.6. The summed E-state index contributed by atoms with van der Waals surface area (Å²) < 4.78 is 16.7. The fraction of sp³-hybridized carbons (Fsp3) is 0.610. The maximum absolute atomic E-state index is 12.8. The van der Waals surface area contributed by atoms with Crippen LogP contribution in [0.1, 0.15) is 213 Å². The second kappa shape index (κ2) is 52.4. The third-order valence-corrected chi connectivity index (χ3v) is 10.6. The molecule has 366 valence electrons. The summed E-state index contributed by atoms with van der Waals surface area (Å²) in [6, 6.07) is 0. The highest BCUT2D eigenvalue weighted by molar-refractivity contribution is 5.71. The Hall–Kier alpha value is -4.19. The number of hydrogen-bond acceptors (Lipinski definition) is 6. The average molecular weight is 899 g/mol. The summed E-state index contributed by atoms with van der Waals surface area (Å²) in [7, 11) is 0. The smallest absolute Gasteiger partial charge is 0.306 e. The van der Waals surface area contributed by atoms with Gasteiger partial charge >= 0.3 is 17.9 Å². The highest BCUT2D eigenvalue weighted by Crippen LogP contribution is 2.14. The van der Waals surface area contributed by atoms with Crippen LogP contribution < -0.4 is 0 Å². The summed E-state index contributed by atoms with van der Waals surface area (Å²) in [5.41, 5.74) is 0. The van der Waals surface area contributed by atoms with Crippen molar-refractivity contribution in [1.29, 1.82) is 0 Å². The number of unbranched alkanes of at least 4 members (excludes halogenated alkanes) is 20. The number of hydrogen-bond donors (Lipinski definition) is 0. The van der Waals surface area contributed by atoms with Crippen LogP contribution in [0.3, 0.4) is 0 Å². The lowest BCUT2D eigenvalue weighted by molar-refractivity contribution is -0.167. The van der Waals surface area contributed by atoms with Gasteiger partial charge in [0.2, 0.25) is 0 Å². The maximum Gasteiger partial charge on any atom is 0.306 e. The number of ether oxygens (including phenoxy) is 3. The largest absolute Gasteiger partial charge is 0.462 e. The predicted octanol–water partition coefficient (Wildman–Crippen LogP) is 17.3. The molecule has 0 aliphatic heterocycles. The van der Waals surface area contributed by atoms with Gasteiger partial charge in [0.1, 0.15) is 13.2 Å². The van der Waals surface area contributed by atoms with Gasteiger partial charge in [-0.05, 0) is 89.9 Å². The lowest BCUT2D eigenvalue weighted by Crippen LogP contribution is -2.30. The van der Waals surface area contributed by atoms with Crippen molar-refractivity contribution in [2.75, 3.05) is 13.2 Å². The first kappa shape index (κ1) is 60.8. The van der Waals surface area contributed by atoms with Crippen LogP contribution in [0.15, 0.2) is 122 Å². The van der Waals surface area contributed by atoms with E-state index in [0.717, 1.165) is 83.5 Å². The number of carbonyl (C=O) groups excluding carboxylic acids is 3. The third-order valence-electron chi connectivity index (χ3n) is 10.6. The van der Waals surface area contributed by atoms with Gasteiger partial charge in [-0.25, -0.2) is 0 Å². The Labute approximate surface area is 399 Å². The summed E-state index contributed by atoms with van der Waals surface area (Å²) >= 11 is 0. The average Bonchev–Trinajstić information content (AvgIpc) is 3.30. The topological polar surface area (TPSA) is 78.9 Å². The van der Waals surface area contributed by atoms with E-state index in [1.165, 1.54) is 89.9 Å². The normalized spacial score (nSPS) is 13.1. The van der Waals surface area contributed by atoms with E-state index in [1.807, 2.05) is 72.9 Å². The zero-order chi connectivity index (χ0) is 47.2. The van der Waals surface area contributed by atoms with Gasteiger partial charge in [-0.3, -0.25) is 14.4 Å². The van der Waals surface area contributed by atoms with Gasteiger partial charge in [-0.2, -0.15) is 0 Å². The molecule has 0 spiro atoms. The van der Waals surface area contributed by atoms with Crippen molar-refractivity contribution < 1.29 is 28.6 Å². The van der Waals surface area contributed by atoms with Crippen molar-refractivity contribution in [2.24, 2.45) is 0 Å². The zero-order valence-electron chi connectivity index (χ0n) is 41.7. The molecule has 6 heteroatoms. The van der Waals surface area contributed by atoms with Crippen molar-refractivity contribution in [1.82, 2.24) is 0 Å². The molecule has 0 aromatic rings. The van der Waals surface area contributed by atoms with Gasteiger partial charge in [0.05, 0.1) is 0 Å². The quantitative estimate of drug-likeness (QED) is 0.0199. The van der Waals surface area contributed by atoms with Gasteiger partial charge in [-0.15, -0.1) is 0 Å². The molecule has 6 nitrogen and oxygen atoms in total. The molecule has 0 aromatic carbocycles. The van der Waals surface area contributed by atoms with Crippen LogP contribution in [0.5, 0.6) is 0 Å². The van der Waals surface area contributed by atoms with E-state index in [0.29, 0.717) is 19.3 Å². The Morgan fingerprint density at radius 1 is 0.338 bits per heavy atom. The molecule has 0 radical (unpaired) electrons. The molecular formula is C59H94O6. The minimum Gasteiger partial charge on any atom is -0.462 e. The predicted molar refractivity (Wildman–Crippen MR) is 279 cm³/mol. The zero-order valence-corrected chi connectivity index (χ0v) is 41.7. The molecule has 1 atom stereocenters. The summed E-state index contributed by atoms with van der Waals surface area (Å²) in [5.74, 6) is -1.01. The van der Waals surface area contributed by atoms with Crippen molar-refractivity contribution in [2.45, 2.75) is 219 Å². The van der Waals surface area contributed by atoms with E-state index in [1.54, 1.807) is 0 Å². The Morgan fingerprint density at radius 3 is 1.17 bits per heavy atom. The highest BCUT2D eigenvalue weighted by Gasteiger charge is 2.19. The monoisotopic (exact) mass is 899 g/mol. The molecule has 0 amide bonds. The molecule has 0 N–H and O–H groups in total. The third kappa shape index (κ3) is 50.7. The van der Waals surface area contributed by atoms with E-state index in [9.17, 15) is 14.4 Å². The summed E-state index contributed by atoms with van der Waals surface area (Å²) in [5, 5.41) is 0. The van der Waals surface area contributed by atoms with Crippen LogP contribution in [-0.4, -0.2) is 37.2 Å². The molecule has 65 heavy (non-hydrogen) atoms. The fourth-order valence-electron chi connectivity index (χ4n) is 6.75. The number of rotatable bonds is 45. The van der Waals surface area contributed by atoms with Gasteiger partial charge in [-0.1, -0.05) is 226 Å². The van der Waals surface area contributed by atoms with Gasteiger partial charge < -0.3 is 14.2 Å². The van der Waals surface area contributed by atoms with E-state index in [4.69, 9.17) is 14.2 Å². The molecule has 1 unspecified atom stereocenters. The second-order valence-corrected chi connectivity index (χ2v) is 16.8. The molecule has 0 aromatic heterocycles. The molecule has 0 rings (SSSR count). The molecule has 0 fully saturated rings. The van der Waals surface area contributed by atoms with Crippen LogP contribution in [0.2, 0.25) is 0 Å². The lowest BCUT2D eigenvalue weighted by atomic mass is 10.1. The summed E-state index contributed by atoms with van der Waals surface area (Å²) in [6.45, 7) is 6.28. The minimum atomic E-state index is -0.815. The Morgan fingerprint density at radius 2 is 0.677 bits per heavy atom. The molecule has 0 saturated carbocycles. The van der Waals surface area contributed by atoms with Gasteiger partial charge in [0, 0.05) is 19.3 Å². The van der Waals surface area contributed by atoms with Gasteiger partial charge in [0.25, 0.3) is 0 Å². The van der Waals surface area contributed by atoms with Crippen molar-refractivity contribution >= 4 is 17.9 Å². The van der Waals surface area contributed by atoms with Crippen molar-refractivity contribution in [3.05, 3.63) is 122 Å². The summed E-state index contributed by atoms with van der Waals surface area (Å²) in [4.78, 5) is 37.9. The minimum absolute atomic E-state index is 0.115. The van der Waals surface area contributed by atoms with Crippen LogP contribution in [-0.2, 0) is 28.6 Å². The van der Waals surface area contributed by atoms with Crippen LogP contribution >= 0.6 is 0 Å². The first-order valence-corrected chi connectivity index (χ1v) is 26.1. The maximum atomic E-state index is 12.8. The second-order valence-electron chi connectivity index (χ2n) is 16.8. The standard InChI is InChI=1S/C59H94O6/c1-4-7-10-13-16-19-21-23-25-27-29-31-33-35-37-40-43-46-49-52-58(61)64-55-56(54-63-57(60)51-48-45-42-39-18-15-12-9-6-3)65-59(62)53-50-47-44-41-38-36-34-32-30-28-26-24-22-20-17-14-11-8-5-2/h7,9-10,12-13,16,18-19,21,23,25,27-31,33,35,37,39,56H,4-6,8,11,14-15,17,20,22,24,26,32,34,36,38,40-55H2,1-3H3/b10-7-,12-9-,16-13-,21-19-,25-23-,29-27+,30-28-,33-31-,37-35-,39-18-. The lowest BCUT2D eigenvalue weighted by Gasteiger charge is -2.18. The van der Waals surface area contributed by atoms with Crippen molar-refractivity contribution in [3.63, 3.8) is 0 Å². The first-order chi connectivity index (χ1) is 32.0. The van der Waals surface area contributed by atoms with Crippen molar-refractivity contribution in [3.8, 4) is 0 Å². The summed E-state index contributed by atoms with van der Waals surface area (Å²) in [6.07, 6.45) is 72.0. The fourth-order valence-corrected chi connectivity index (χ4v) is 6.75. The SMILES string of the molecule is CC\C=C/C=C\C=C/C=C\C=C\C=C/C=C\CCCCCC(=O)OCC(COC(=O)CCCC/C=C\C/C=C\CC)OC(=O)CCCCCCCCC/C=C\CCCCCCCCCC. The molecular weight excluding hydrogens is 805 g/mol. The van der Waals surface area contributed by atoms with Crippen LogP contribution in [0.4, 0.5) is 0 Å². The Kier molecular flexibility index (Phi) is 49.1. The van der Waals surface area contributed by atoms with E-state index in [-0.39, 0.29) is 31.1 Å². The molecule has 0 bridgehead atoms. The molecule has 0 aliphatic carbocycles. The van der Waals surface area contributed by atoms with E-state index in [2.05, 4.69) is 69.4 Å². The first-order valence-electron chi connectivity index (χ1n) is 26.1. The van der Waals surface area contributed by atoms with E-state index < -0.39 is 6.10 Å². The molecule has 0 heterocycles. The molecule has 0 saturated heterocycles. The molecule has 0 aliphatic rings. The van der Waals surface area contributed by atoms with Crippen LogP contribution in [0, 0.1) is 0 Å². The number of allylic oxidation sites excluding steroid dienone is 20. The van der Waals surface area contributed by atoms with Gasteiger partial charge in [0.15, 0.2) is 6.10 Å². The Balaban J connectivity index is 4.46. The Bertz CT molecular complexity index is 1400. The number of carbonyl (C=O) groups is 3. The number of esters is 3.